The van der Waals surface area contributed by atoms with Crippen LogP contribution in [0.25, 0.3) is 0 Å². The van der Waals surface area contributed by atoms with Crippen LogP contribution in [0.2, 0.25) is 0 Å². The van der Waals surface area contributed by atoms with Crippen LogP contribution in [0.1, 0.15) is 39.0 Å². The van der Waals surface area contributed by atoms with Crippen molar-refractivity contribution >= 4 is 17.2 Å². The standard InChI is InChI=1S/C19H16F3N3O2S/c1-11-2-3-15-13(6-11)8-25(9-16(27-15)12-4-5-28-10-12)18(26)14-7-17(24-23-14)19(20,21)22/h2-7,10,16H,8-9H2,1H3,(H,23,24). The van der Waals surface area contributed by atoms with Crippen LogP contribution < -0.4 is 4.74 Å². The van der Waals surface area contributed by atoms with Gasteiger partial charge in [0.1, 0.15) is 17.5 Å². The number of ether oxygens (including phenoxy) is 1. The van der Waals surface area contributed by atoms with E-state index in [2.05, 4.69) is 5.10 Å². The minimum atomic E-state index is -4.59. The normalized spacial score (nSPS) is 17.0. The molecule has 3 heterocycles. The van der Waals surface area contributed by atoms with E-state index < -0.39 is 23.9 Å². The summed E-state index contributed by atoms with van der Waals surface area (Å²) >= 11 is 1.51. The Morgan fingerprint density at radius 3 is 2.82 bits per heavy atom. The van der Waals surface area contributed by atoms with Gasteiger partial charge >= 0.3 is 6.18 Å². The van der Waals surface area contributed by atoms with Gasteiger partial charge < -0.3 is 9.64 Å². The number of benzene rings is 1. The Bertz CT molecular complexity index is 998. The van der Waals surface area contributed by atoms with Crippen LogP contribution >= 0.6 is 11.3 Å². The first-order chi connectivity index (χ1) is 13.3. The summed E-state index contributed by atoms with van der Waals surface area (Å²) in [5, 5.41) is 9.32. The van der Waals surface area contributed by atoms with E-state index >= 15 is 0 Å². The van der Waals surface area contributed by atoms with E-state index in [4.69, 9.17) is 4.74 Å². The van der Waals surface area contributed by atoms with E-state index in [0.717, 1.165) is 22.8 Å². The fourth-order valence-electron chi connectivity index (χ4n) is 3.13. The maximum atomic E-state index is 12.9. The Morgan fingerprint density at radius 1 is 1.32 bits per heavy atom. The van der Waals surface area contributed by atoms with Crippen molar-refractivity contribution < 1.29 is 22.7 Å². The van der Waals surface area contributed by atoms with Gasteiger partial charge in [0.15, 0.2) is 5.69 Å². The SMILES string of the molecule is Cc1ccc2c(c1)CN(C(=O)c1cc(C(F)(F)F)[nH]n1)CC(c1ccsc1)O2. The van der Waals surface area contributed by atoms with Gasteiger partial charge in [0.25, 0.3) is 5.91 Å². The lowest BCUT2D eigenvalue weighted by atomic mass is 10.1. The number of hydrogen-bond acceptors (Lipinski definition) is 4. The number of H-pyrrole nitrogens is 1. The number of amides is 1. The molecule has 1 atom stereocenters. The summed E-state index contributed by atoms with van der Waals surface area (Å²) in [6.07, 6.45) is -5.00. The van der Waals surface area contributed by atoms with Crippen LogP contribution in [0.4, 0.5) is 13.2 Å². The number of nitrogens with zero attached hydrogens (tertiary/aromatic N) is 2. The number of carbonyl (C=O) groups is 1. The Kier molecular flexibility index (Phi) is 4.62. The number of aryl methyl sites for hydroxylation is 1. The monoisotopic (exact) mass is 407 g/mol. The van der Waals surface area contributed by atoms with Gasteiger partial charge in [0.05, 0.1) is 6.54 Å². The zero-order valence-electron chi connectivity index (χ0n) is 14.8. The van der Waals surface area contributed by atoms with Gasteiger partial charge in [0, 0.05) is 23.7 Å². The van der Waals surface area contributed by atoms with Crippen molar-refractivity contribution in [2.75, 3.05) is 6.54 Å². The summed E-state index contributed by atoms with van der Waals surface area (Å²) in [5.41, 5.74) is 1.40. The average Bonchev–Trinajstić information content (AvgIpc) is 3.30. The molecule has 3 aromatic rings. The molecule has 0 bridgehead atoms. The van der Waals surface area contributed by atoms with Gasteiger partial charge in [-0.1, -0.05) is 17.7 Å². The largest absolute Gasteiger partial charge is 0.483 e. The van der Waals surface area contributed by atoms with Crippen molar-refractivity contribution in [2.45, 2.75) is 25.7 Å². The molecule has 1 N–H and O–H groups in total. The number of aromatic nitrogens is 2. The molecule has 146 valence electrons. The first-order valence-corrected chi connectivity index (χ1v) is 9.45. The summed E-state index contributed by atoms with van der Waals surface area (Å²) in [4.78, 5) is 14.4. The molecule has 1 aliphatic heterocycles. The lowest BCUT2D eigenvalue weighted by Gasteiger charge is -2.23. The topological polar surface area (TPSA) is 58.2 Å². The van der Waals surface area contributed by atoms with E-state index in [1.54, 1.807) is 0 Å². The Labute approximate surface area is 162 Å². The molecule has 0 radical (unpaired) electrons. The van der Waals surface area contributed by atoms with E-state index in [-0.39, 0.29) is 18.8 Å². The van der Waals surface area contributed by atoms with Crippen molar-refractivity contribution in [1.29, 1.82) is 0 Å². The zero-order chi connectivity index (χ0) is 19.9. The molecule has 1 aliphatic rings. The smallest absolute Gasteiger partial charge is 0.432 e. The molecule has 0 fully saturated rings. The number of nitrogens with one attached hydrogen (secondary N) is 1. The maximum absolute atomic E-state index is 12.9. The van der Waals surface area contributed by atoms with Gasteiger partial charge in [-0.3, -0.25) is 9.89 Å². The molecule has 4 rings (SSSR count). The number of rotatable bonds is 2. The molecule has 1 aromatic carbocycles. The number of carbonyl (C=O) groups excluding carboxylic acids is 1. The quantitative estimate of drug-likeness (QED) is 0.677. The highest BCUT2D eigenvalue weighted by Gasteiger charge is 2.35. The summed E-state index contributed by atoms with van der Waals surface area (Å²) < 4.78 is 44.7. The molecule has 1 amide bonds. The van der Waals surface area contributed by atoms with Crippen LogP contribution in [0.5, 0.6) is 5.75 Å². The van der Waals surface area contributed by atoms with Gasteiger partial charge in [-0.05, 0) is 29.8 Å². The molecular weight excluding hydrogens is 391 g/mol. The highest BCUT2D eigenvalue weighted by molar-refractivity contribution is 7.07. The molecule has 0 spiro atoms. The first-order valence-electron chi connectivity index (χ1n) is 8.51. The predicted molar refractivity (Wildman–Crippen MR) is 97.2 cm³/mol. The predicted octanol–water partition coefficient (Wildman–Crippen LogP) is 4.57. The fourth-order valence-corrected chi connectivity index (χ4v) is 3.83. The lowest BCUT2D eigenvalue weighted by molar-refractivity contribution is -0.141. The average molecular weight is 407 g/mol. The van der Waals surface area contributed by atoms with Gasteiger partial charge in [0.2, 0.25) is 0 Å². The van der Waals surface area contributed by atoms with Crippen molar-refractivity contribution in [3.8, 4) is 5.75 Å². The minimum absolute atomic E-state index is 0.206. The Morgan fingerprint density at radius 2 is 2.14 bits per heavy atom. The number of fused-ring (bicyclic) bond motifs is 1. The second-order valence-corrected chi connectivity index (χ2v) is 7.40. The van der Waals surface area contributed by atoms with Crippen molar-refractivity contribution in [3.63, 3.8) is 0 Å². The molecule has 0 saturated heterocycles. The summed E-state index contributed by atoms with van der Waals surface area (Å²) in [5.74, 6) is 0.0834. The Balaban J connectivity index is 1.68. The van der Waals surface area contributed by atoms with E-state index in [1.807, 2.05) is 47.0 Å². The van der Waals surface area contributed by atoms with Gasteiger partial charge in [-0.15, -0.1) is 0 Å². The lowest BCUT2D eigenvalue weighted by Crippen LogP contribution is -2.34. The summed E-state index contributed by atoms with van der Waals surface area (Å²) in [7, 11) is 0. The van der Waals surface area contributed by atoms with Crippen LogP contribution in [-0.2, 0) is 12.7 Å². The van der Waals surface area contributed by atoms with Crippen LogP contribution in [0.3, 0.4) is 0 Å². The summed E-state index contributed by atoms with van der Waals surface area (Å²) in [6.45, 7) is 2.36. The number of hydrogen-bond donors (Lipinski definition) is 1. The molecule has 0 aliphatic carbocycles. The second-order valence-electron chi connectivity index (χ2n) is 6.62. The zero-order valence-corrected chi connectivity index (χ0v) is 15.6. The highest BCUT2D eigenvalue weighted by Crippen LogP contribution is 2.33. The molecular formula is C19H16F3N3O2S. The fraction of sp³-hybridized carbons (Fsp3) is 0.263. The van der Waals surface area contributed by atoms with Gasteiger partial charge in [-0.2, -0.15) is 29.6 Å². The van der Waals surface area contributed by atoms with Crippen LogP contribution in [0, 0.1) is 6.92 Å². The van der Waals surface area contributed by atoms with E-state index in [1.165, 1.54) is 16.2 Å². The van der Waals surface area contributed by atoms with Crippen LogP contribution in [0.15, 0.2) is 41.1 Å². The number of thiophene rings is 1. The maximum Gasteiger partial charge on any atom is 0.432 e. The van der Waals surface area contributed by atoms with Gasteiger partial charge in [-0.25, -0.2) is 0 Å². The third-order valence-corrected chi connectivity index (χ3v) is 5.24. The van der Waals surface area contributed by atoms with E-state index in [0.29, 0.717) is 5.75 Å². The molecule has 9 heteroatoms. The highest BCUT2D eigenvalue weighted by atomic mass is 32.1. The summed E-state index contributed by atoms with van der Waals surface area (Å²) in [6, 6.07) is 8.34. The van der Waals surface area contributed by atoms with E-state index in [9.17, 15) is 18.0 Å². The number of aromatic amines is 1. The first kappa shape index (κ1) is 18.5. The van der Waals surface area contributed by atoms with Crippen molar-refractivity contribution in [1.82, 2.24) is 15.1 Å². The van der Waals surface area contributed by atoms with Crippen molar-refractivity contribution in [3.05, 3.63) is 69.2 Å². The third-order valence-electron chi connectivity index (χ3n) is 4.54. The minimum Gasteiger partial charge on any atom is -0.483 e. The molecule has 2 aromatic heterocycles. The number of halogens is 3. The number of alkyl halides is 3. The molecule has 28 heavy (non-hydrogen) atoms. The van der Waals surface area contributed by atoms with Crippen LogP contribution in [-0.4, -0.2) is 27.5 Å². The molecule has 5 nitrogen and oxygen atoms in total. The Hall–Kier alpha value is -2.81. The second kappa shape index (κ2) is 6.97. The molecule has 0 saturated carbocycles. The third kappa shape index (κ3) is 3.62. The van der Waals surface area contributed by atoms with Crippen molar-refractivity contribution in [2.24, 2.45) is 0 Å². The molecule has 1 unspecified atom stereocenters.